The van der Waals surface area contributed by atoms with Crippen molar-refractivity contribution >= 4 is 12.4 Å². The predicted molar refractivity (Wildman–Crippen MR) is 51.1 cm³/mol. The normalized spacial score (nSPS) is 10.0. The standard InChI is InChI=1S/C11H10O/c1-2-3-6-10-7-4-5-8-11(10)9-12/h2-9H,1H2/b6-3-. The van der Waals surface area contributed by atoms with Gasteiger partial charge in [-0.3, -0.25) is 4.79 Å². The topological polar surface area (TPSA) is 17.1 Å². The van der Waals surface area contributed by atoms with Crippen molar-refractivity contribution in [3.63, 3.8) is 0 Å². The van der Waals surface area contributed by atoms with Crippen molar-refractivity contribution in [2.24, 2.45) is 0 Å². The number of allylic oxidation sites excluding steroid dienone is 2. The molecule has 1 aromatic carbocycles. The number of carbonyl (C=O) groups is 1. The van der Waals surface area contributed by atoms with E-state index in [1.165, 1.54) is 0 Å². The maximum atomic E-state index is 10.5. The summed E-state index contributed by atoms with van der Waals surface area (Å²) in [6.07, 6.45) is 6.20. The van der Waals surface area contributed by atoms with E-state index in [2.05, 4.69) is 6.58 Å². The Morgan fingerprint density at radius 1 is 1.17 bits per heavy atom. The van der Waals surface area contributed by atoms with Gasteiger partial charge in [0, 0.05) is 5.56 Å². The number of aldehydes is 1. The Bertz CT molecular complexity index is 311. The van der Waals surface area contributed by atoms with Gasteiger partial charge in [-0.05, 0) is 5.56 Å². The van der Waals surface area contributed by atoms with Crippen LogP contribution < -0.4 is 0 Å². The first-order chi connectivity index (χ1) is 5.88. The fraction of sp³-hybridized carbons (Fsp3) is 0. The Morgan fingerprint density at radius 3 is 2.42 bits per heavy atom. The summed E-state index contributed by atoms with van der Waals surface area (Å²) in [4.78, 5) is 10.5. The molecular formula is C11H10O. The van der Waals surface area contributed by atoms with Crippen molar-refractivity contribution in [2.75, 3.05) is 0 Å². The Morgan fingerprint density at radius 2 is 1.83 bits per heavy atom. The highest BCUT2D eigenvalue weighted by Crippen LogP contribution is 2.07. The Balaban J connectivity index is 3.04. The van der Waals surface area contributed by atoms with Crippen molar-refractivity contribution in [1.29, 1.82) is 0 Å². The molecule has 1 rings (SSSR count). The first-order valence-electron chi connectivity index (χ1n) is 3.72. The lowest BCUT2D eigenvalue weighted by Gasteiger charge is -1.95. The quantitative estimate of drug-likeness (QED) is 0.488. The first-order valence-corrected chi connectivity index (χ1v) is 3.72. The van der Waals surface area contributed by atoms with Gasteiger partial charge in [0.15, 0.2) is 6.29 Å². The lowest BCUT2D eigenvalue weighted by Crippen LogP contribution is -1.83. The summed E-state index contributed by atoms with van der Waals surface area (Å²) in [7, 11) is 0. The maximum absolute atomic E-state index is 10.5. The van der Waals surface area contributed by atoms with Gasteiger partial charge in [0.2, 0.25) is 0 Å². The average molecular weight is 158 g/mol. The molecule has 0 bridgehead atoms. The molecule has 0 aliphatic carbocycles. The zero-order valence-corrected chi connectivity index (χ0v) is 6.73. The molecule has 0 aliphatic rings. The van der Waals surface area contributed by atoms with E-state index in [9.17, 15) is 4.79 Å². The minimum Gasteiger partial charge on any atom is -0.298 e. The van der Waals surface area contributed by atoms with Crippen LogP contribution in [0.4, 0.5) is 0 Å². The van der Waals surface area contributed by atoms with Crippen LogP contribution in [0.3, 0.4) is 0 Å². The second kappa shape index (κ2) is 4.29. The smallest absolute Gasteiger partial charge is 0.150 e. The van der Waals surface area contributed by atoms with Crippen molar-refractivity contribution in [1.82, 2.24) is 0 Å². The molecule has 0 unspecified atom stereocenters. The highest BCUT2D eigenvalue weighted by molar-refractivity contribution is 5.81. The molecule has 0 saturated carbocycles. The van der Waals surface area contributed by atoms with E-state index in [1.807, 2.05) is 30.4 Å². The molecule has 1 nitrogen and oxygen atoms in total. The molecule has 1 heteroatoms. The highest BCUT2D eigenvalue weighted by Gasteiger charge is 1.93. The Hall–Kier alpha value is -1.63. The van der Waals surface area contributed by atoms with Gasteiger partial charge in [-0.15, -0.1) is 0 Å². The van der Waals surface area contributed by atoms with Crippen LogP contribution in [0, 0.1) is 0 Å². The fourth-order valence-corrected chi connectivity index (χ4v) is 0.942. The van der Waals surface area contributed by atoms with Crippen LogP contribution in [-0.4, -0.2) is 6.29 Å². The summed E-state index contributed by atoms with van der Waals surface area (Å²) in [5.41, 5.74) is 1.63. The fourth-order valence-electron chi connectivity index (χ4n) is 0.942. The predicted octanol–water partition coefficient (Wildman–Crippen LogP) is 2.70. The molecule has 0 radical (unpaired) electrons. The molecule has 0 spiro atoms. The molecule has 0 N–H and O–H groups in total. The monoisotopic (exact) mass is 158 g/mol. The van der Waals surface area contributed by atoms with E-state index in [0.717, 1.165) is 11.8 Å². The molecule has 60 valence electrons. The first kappa shape index (κ1) is 8.47. The van der Waals surface area contributed by atoms with E-state index >= 15 is 0 Å². The van der Waals surface area contributed by atoms with Crippen molar-refractivity contribution in [3.8, 4) is 0 Å². The molecule has 0 heterocycles. The lowest BCUT2D eigenvalue weighted by atomic mass is 10.1. The summed E-state index contributed by atoms with van der Waals surface area (Å²) in [6, 6.07) is 7.42. The Labute approximate surface area is 72.0 Å². The van der Waals surface area contributed by atoms with Gasteiger partial charge >= 0.3 is 0 Å². The van der Waals surface area contributed by atoms with Crippen LogP contribution in [-0.2, 0) is 0 Å². The highest BCUT2D eigenvalue weighted by atomic mass is 16.1. The average Bonchev–Trinajstić information content (AvgIpc) is 2.15. The third-order valence-corrected chi connectivity index (χ3v) is 1.53. The van der Waals surface area contributed by atoms with Crippen LogP contribution in [0.25, 0.3) is 6.08 Å². The molecular weight excluding hydrogens is 148 g/mol. The third kappa shape index (κ3) is 1.92. The Kier molecular flexibility index (Phi) is 3.03. The zero-order valence-electron chi connectivity index (χ0n) is 6.73. The number of benzene rings is 1. The van der Waals surface area contributed by atoms with E-state index in [4.69, 9.17) is 0 Å². The van der Waals surface area contributed by atoms with Crippen LogP contribution in [0.1, 0.15) is 15.9 Å². The number of rotatable bonds is 3. The van der Waals surface area contributed by atoms with Crippen LogP contribution in [0.2, 0.25) is 0 Å². The lowest BCUT2D eigenvalue weighted by molar-refractivity contribution is 0.112. The molecule has 0 aromatic heterocycles. The molecule has 0 aliphatic heterocycles. The number of hydrogen-bond acceptors (Lipinski definition) is 1. The second-order valence-electron chi connectivity index (χ2n) is 2.34. The van der Waals surface area contributed by atoms with Crippen LogP contribution in [0.5, 0.6) is 0 Å². The zero-order chi connectivity index (χ0) is 8.81. The van der Waals surface area contributed by atoms with E-state index in [0.29, 0.717) is 5.56 Å². The van der Waals surface area contributed by atoms with E-state index in [-0.39, 0.29) is 0 Å². The SMILES string of the molecule is C=C/C=C\c1ccccc1C=O. The summed E-state index contributed by atoms with van der Waals surface area (Å²) in [6.45, 7) is 3.56. The molecule has 12 heavy (non-hydrogen) atoms. The van der Waals surface area contributed by atoms with Crippen LogP contribution >= 0.6 is 0 Å². The molecule has 0 atom stereocenters. The van der Waals surface area contributed by atoms with Crippen LogP contribution in [0.15, 0.2) is 43.0 Å². The second-order valence-corrected chi connectivity index (χ2v) is 2.34. The maximum Gasteiger partial charge on any atom is 0.150 e. The summed E-state index contributed by atoms with van der Waals surface area (Å²) >= 11 is 0. The minimum atomic E-state index is 0.704. The van der Waals surface area contributed by atoms with Gasteiger partial charge < -0.3 is 0 Å². The third-order valence-electron chi connectivity index (χ3n) is 1.53. The van der Waals surface area contributed by atoms with E-state index < -0.39 is 0 Å². The molecule has 1 aromatic rings. The van der Waals surface area contributed by atoms with E-state index in [1.54, 1.807) is 12.1 Å². The van der Waals surface area contributed by atoms with Gasteiger partial charge in [0.25, 0.3) is 0 Å². The number of carbonyl (C=O) groups excluding carboxylic acids is 1. The summed E-state index contributed by atoms with van der Waals surface area (Å²) in [5, 5.41) is 0. The van der Waals surface area contributed by atoms with Gasteiger partial charge in [-0.25, -0.2) is 0 Å². The molecule has 0 fully saturated rings. The summed E-state index contributed by atoms with van der Waals surface area (Å²) in [5.74, 6) is 0. The van der Waals surface area contributed by atoms with Gasteiger partial charge in [-0.1, -0.05) is 49.1 Å². The minimum absolute atomic E-state index is 0.704. The van der Waals surface area contributed by atoms with Crippen molar-refractivity contribution in [3.05, 3.63) is 54.1 Å². The van der Waals surface area contributed by atoms with Gasteiger partial charge in [0.05, 0.1) is 0 Å². The van der Waals surface area contributed by atoms with Gasteiger partial charge in [0.1, 0.15) is 0 Å². The molecule has 0 saturated heterocycles. The summed E-state index contributed by atoms with van der Waals surface area (Å²) < 4.78 is 0. The number of hydrogen-bond donors (Lipinski definition) is 0. The van der Waals surface area contributed by atoms with Crippen molar-refractivity contribution < 1.29 is 4.79 Å². The van der Waals surface area contributed by atoms with Crippen molar-refractivity contribution in [2.45, 2.75) is 0 Å². The largest absolute Gasteiger partial charge is 0.298 e. The molecule has 0 amide bonds. The van der Waals surface area contributed by atoms with Gasteiger partial charge in [-0.2, -0.15) is 0 Å².